The van der Waals surface area contributed by atoms with Gasteiger partial charge in [0.2, 0.25) is 5.91 Å². The number of rotatable bonds is 9. The molecule has 0 saturated carbocycles. The van der Waals surface area contributed by atoms with Crippen LogP contribution < -0.4 is 20.1 Å². The molecule has 140 valence electrons. The summed E-state index contributed by atoms with van der Waals surface area (Å²) in [4.78, 5) is 24.8. The molecule has 1 aromatic carbocycles. The molecule has 7 nitrogen and oxygen atoms in total. The molecule has 0 saturated heterocycles. The van der Waals surface area contributed by atoms with Gasteiger partial charge in [0, 0.05) is 11.8 Å². The molecule has 0 spiro atoms. The van der Waals surface area contributed by atoms with E-state index in [1.807, 2.05) is 6.26 Å². The molecule has 1 aromatic heterocycles. The van der Waals surface area contributed by atoms with Gasteiger partial charge in [-0.25, -0.2) is 0 Å². The Morgan fingerprint density at radius 2 is 1.96 bits per heavy atom. The maximum Gasteiger partial charge on any atom is 0.287 e. The molecule has 0 radical (unpaired) electrons. The lowest BCUT2D eigenvalue weighted by atomic mass is 10.2. The quantitative estimate of drug-likeness (QED) is 0.697. The summed E-state index contributed by atoms with van der Waals surface area (Å²) >= 11 is 1.60. The van der Waals surface area contributed by atoms with E-state index in [-0.39, 0.29) is 11.7 Å². The Morgan fingerprint density at radius 3 is 2.58 bits per heavy atom. The highest BCUT2D eigenvalue weighted by Gasteiger charge is 2.22. The van der Waals surface area contributed by atoms with E-state index in [0.717, 1.165) is 5.75 Å². The minimum absolute atomic E-state index is 0.165. The number of furan rings is 1. The lowest BCUT2D eigenvalue weighted by Gasteiger charge is -2.18. The van der Waals surface area contributed by atoms with Crippen LogP contribution in [0, 0.1) is 0 Å². The zero-order valence-corrected chi connectivity index (χ0v) is 15.7. The van der Waals surface area contributed by atoms with Crippen molar-refractivity contribution in [1.29, 1.82) is 0 Å². The van der Waals surface area contributed by atoms with Gasteiger partial charge in [0.25, 0.3) is 5.91 Å². The fourth-order valence-electron chi connectivity index (χ4n) is 2.28. The third-order valence-electron chi connectivity index (χ3n) is 3.63. The number of ether oxygens (including phenoxy) is 2. The van der Waals surface area contributed by atoms with Crippen LogP contribution in [0.2, 0.25) is 0 Å². The molecule has 1 unspecified atom stereocenters. The first kappa shape index (κ1) is 19.7. The molecule has 0 bridgehead atoms. The van der Waals surface area contributed by atoms with Crippen molar-refractivity contribution in [3.05, 3.63) is 42.4 Å². The number of hydrogen-bond donors (Lipinski definition) is 2. The lowest BCUT2D eigenvalue weighted by Crippen LogP contribution is -2.44. The number of methoxy groups -OCH3 is 2. The average Bonchev–Trinajstić information content (AvgIpc) is 3.19. The van der Waals surface area contributed by atoms with Crippen molar-refractivity contribution in [1.82, 2.24) is 5.32 Å². The molecule has 1 heterocycles. The summed E-state index contributed by atoms with van der Waals surface area (Å²) in [7, 11) is 3.06. The number of nitrogens with one attached hydrogen (secondary N) is 2. The first-order valence-electron chi connectivity index (χ1n) is 7.95. The number of thioether (sulfide) groups is 1. The van der Waals surface area contributed by atoms with E-state index in [1.165, 1.54) is 13.4 Å². The molecular formula is C18H22N2O5S. The van der Waals surface area contributed by atoms with Crippen LogP contribution in [0.5, 0.6) is 11.5 Å². The van der Waals surface area contributed by atoms with Gasteiger partial charge in [0.05, 0.1) is 20.5 Å². The topological polar surface area (TPSA) is 89.8 Å². The predicted octanol–water partition coefficient (Wildman–Crippen LogP) is 2.79. The van der Waals surface area contributed by atoms with Gasteiger partial charge < -0.3 is 24.5 Å². The monoisotopic (exact) mass is 378 g/mol. The highest BCUT2D eigenvalue weighted by molar-refractivity contribution is 7.98. The van der Waals surface area contributed by atoms with Crippen molar-refractivity contribution in [3.63, 3.8) is 0 Å². The smallest absolute Gasteiger partial charge is 0.287 e. The molecule has 0 aliphatic heterocycles. The van der Waals surface area contributed by atoms with Gasteiger partial charge in [-0.3, -0.25) is 9.59 Å². The highest BCUT2D eigenvalue weighted by Crippen LogP contribution is 2.29. The van der Waals surface area contributed by atoms with Crippen molar-refractivity contribution in [3.8, 4) is 11.5 Å². The minimum Gasteiger partial charge on any atom is -0.493 e. The van der Waals surface area contributed by atoms with Crippen LogP contribution in [0.15, 0.2) is 41.0 Å². The van der Waals surface area contributed by atoms with Gasteiger partial charge in [-0.2, -0.15) is 11.8 Å². The number of carbonyl (C=O) groups is 2. The van der Waals surface area contributed by atoms with Crippen molar-refractivity contribution in [2.75, 3.05) is 31.5 Å². The summed E-state index contributed by atoms with van der Waals surface area (Å²) in [5.41, 5.74) is 0.550. The Labute approximate surface area is 156 Å². The Bertz CT molecular complexity index is 733. The number of hydrogen-bond acceptors (Lipinski definition) is 6. The molecule has 2 N–H and O–H groups in total. The normalized spacial score (nSPS) is 11.5. The Hall–Kier alpha value is -2.61. The summed E-state index contributed by atoms with van der Waals surface area (Å²) in [6, 6.07) is 7.55. The largest absolute Gasteiger partial charge is 0.493 e. The zero-order chi connectivity index (χ0) is 18.9. The molecule has 2 amide bonds. The van der Waals surface area contributed by atoms with E-state index in [4.69, 9.17) is 13.9 Å². The standard InChI is InChI=1S/C18H22N2O5S/c1-23-14-7-6-12(11-16(14)24-2)19-17(21)13(8-10-26-3)20-18(22)15-5-4-9-25-15/h4-7,9,11,13H,8,10H2,1-3H3,(H,19,21)(H,20,22). The third-order valence-corrected chi connectivity index (χ3v) is 4.27. The maximum atomic E-state index is 12.6. The third kappa shape index (κ3) is 5.19. The molecule has 0 aliphatic rings. The molecule has 2 rings (SSSR count). The van der Waals surface area contributed by atoms with Gasteiger partial charge in [-0.05, 0) is 42.7 Å². The molecule has 0 fully saturated rings. The van der Waals surface area contributed by atoms with Gasteiger partial charge in [-0.15, -0.1) is 0 Å². The molecule has 0 aliphatic carbocycles. The van der Waals surface area contributed by atoms with Gasteiger partial charge >= 0.3 is 0 Å². The number of benzene rings is 1. The van der Waals surface area contributed by atoms with E-state index >= 15 is 0 Å². The Morgan fingerprint density at radius 1 is 1.19 bits per heavy atom. The van der Waals surface area contributed by atoms with Crippen molar-refractivity contribution >= 4 is 29.3 Å². The van der Waals surface area contributed by atoms with E-state index in [2.05, 4.69) is 10.6 Å². The van der Waals surface area contributed by atoms with Gasteiger partial charge in [-0.1, -0.05) is 0 Å². The average molecular weight is 378 g/mol. The van der Waals surface area contributed by atoms with Crippen LogP contribution in [0.25, 0.3) is 0 Å². The maximum absolute atomic E-state index is 12.6. The molecular weight excluding hydrogens is 356 g/mol. The summed E-state index contributed by atoms with van der Waals surface area (Å²) in [6.07, 6.45) is 3.85. The van der Waals surface area contributed by atoms with Crippen molar-refractivity contribution in [2.24, 2.45) is 0 Å². The Kier molecular flexibility index (Phi) is 7.40. The van der Waals surface area contributed by atoms with Crippen LogP contribution in [-0.2, 0) is 4.79 Å². The first-order valence-corrected chi connectivity index (χ1v) is 9.34. The van der Waals surface area contributed by atoms with Crippen LogP contribution in [0.1, 0.15) is 17.0 Å². The summed E-state index contributed by atoms with van der Waals surface area (Å²) in [6.45, 7) is 0. The van der Waals surface area contributed by atoms with Crippen LogP contribution >= 0.6 is 11.8 Å². The van der Waals surface area contributed by atoms with E-state index in [1.54, 1.807) is 49.2 Å². The second-order valence-electron chi connectivity index (χ2n) is 5.34. The summed E-state index contributed by atoms with van der Waals surface area (Å²) < 4.78 is 15.5. The second-order valence-corrected chi connectivity index (χ2v) is 6.33. The predicted molar refractivity (Wildman–Crippen MR) is 101 cm³/mol. The highest BCUT2D eigenvalue weighted by atomic mass is 32.2. The minimum atomic E-state index is -0.687. The molecule has 1 atom stereocenters. The van der Waals surface area contributed by atoms with E-state index in [9.17, 15) is 9.59 Å². The number of amides is 2. The Balaban J connectivity index is 2.09. The van der Waals surface area contributed by atoms with E-state index in [0.29, 0.717) is 23.6 Å². The number of anilines is 1. The summed E-state index contributed by atoms with van der Waals surface area (Å²) in [5, 5.41) is 5.51. The van der Waals surface area contributed by atoms with Crippen LogP contribution in [0.4, 0.5) is 5.69 Å². The second kappa shape index (κ2) is 9.76. The van der Waals surface area contributed by atoms with Gasteiger partial charge in [0.15, 0.2) is 17.3 Å². The lowest BCUT2D eigenvalue weighted by molar-refractivity contribution is -0.118. The summed E-state index contributed by atoms with van der Waals surface area (Å²) in [5.74, 6) is 1.22. The van der Waals surface area contributed by atoms with Crippen LogP contribution in [-0.4, -0.2) is 44.1 Å². The molecule has 8 heteroatoms. The van der Waals surface area contributed by atoms with E-state index < -0.39 is 11.9 Å². The zero-order valence-electron chi connectivity index (χ0n) is 14.9. The van der Waals surface area contributed by atoms with Crippen molar-refractivity contribution < 1.29 is 23.5 Å². The number of carbonyl (C=O) groups excluding carboxylic acids is 2. The van der Waals surface area contributed by atoms with Crippen molar-refractivity contribution in [2.45, 2.75) is 12.5 Å². The molecule has 26 heavy (non-hydrogen) atoms. The van der Waals surface area contributed by atoms with Gasteiger partial charge in [0.1, 0.15) is 6.04 Å². The van der Waals surface area contributed by atoms with Crippen LogP contribution in [0.3, 0.4) is 0 Å². The fraction of sp³-hybridized carbons (Fsp3) is 0.333. The SMILES string of the molecule is COc1ccc(NC(=O)C(CCSC)NC(=O)c2ccco2)cc1OC. The molecule has 2 aromatic rings. The first-order chi connectivity index (χ1) is 12.6. The fourth-order valence-corrected chi connectivity index (χ4v) is 2.76.